The first kappa shape index (κ1) is 32.9. The van der Waals surface area contributed by atoms with Crippen LogP contribution in [0.5, 0.6) is 11.5 Å². The lowest BCUT2D eigenvalue weighted by Gasteiger charge is -2.21. The highest BCUT2D eigenvalue weighted by Crippen LogP contribution is 2.32. The highest BCUT2D eigenvalue weighted by Gasteiger charge is 2.32. The van der Waals surface area contributed by atoms with E-state index >= 15 is 0 Å². The number of hydrogen-bond acceptors (Lipinski definition) is 6. The van der Waals surface area contributed by atoms with Gasteiger partial charge >= 0.3 is 6.36 Å². The molecule has 45 heavy (non-hydrogen) atoms. The summed E-state index contributed by atoms with van der Waals surface area (Å²) in [4.78, 5) is 41.6. The Balaban J connectivity index is 1.41. The number of ether oxygens (including phenoxy) is 2. The van der Waals surface area contributed by atoms with Crippen molar-refractivity contribution < 1.29 is 32.2 Å². The van der Waals surface area contributed by atoms with Crippen LogP contribution < -0.4 is 25.7 Å². The van der Waals surface area contributed by atoms with E-state index in [0.717, 1.165) is 28.3 Å². The topological polar surface area (TPSA) is 113 Å². The highest BCUT2D eigenvalue weighted by molar-refractivity contribution is 5.91. The Hall–Kier alpha value is -5.00. The number of fused-ring (bicyclic) bond motifs is 1. The van der Waals surface area contributed by atoms with Gasteiger partial charge in [-0.25, -0.2) is 0 Å². The van der Waals surface area contributed by atoms with E-state index in [-0.39, 0.29) is 48.1 Å². The molecular weight excluding hydrogens is 589 g/mol. The summed E-state index contributed by atoms with van der Waals surface area (Å²) in [6.45, 7) is 3.55. The fraction of sp³-hybridized carbons (Fsp3) is 0.303. The summed E-state index contributed by atoms with van der Waals surface area (Å²) in [5.74, 6) is -0.458. The van der Waals surface area contributed by atoms with Crippen molar-refractivity contribution in [3.05, 3.63) is 93.9 Å². The second-order valence-electron chi connectivity index (χ2n) is 10.8. The van der Waals surface area contributed by atoms with E-state index in [2.05, 4.69) is 20.4 Å². The van der Waals surface area contributed by atoms with Gasteiger partial charge in [0.15, 0.2) is 0 Å². The van der Waals surface area contributed by atoms with E-state index < -0.39 is 18.0 Å². The summed E-state index contributed by atoms with van der Waals surface area (Å²) >= 11 is 0. The lowest BCUT2D eigenvalue weighted by molar-refractivity contribution is -0.275. The predicted molar refractivity (Wildman–Crippen MR) is 167 cm³/mol. The maximum Gasteiger partial charge on any atom is 0.573 e. The third-order valence-corrected chi connectivity index (χ3v) is 7.35. The van der Waals surface area contributed by atoms with E-state index in [9.17, 15) is 27.6 Å². The molecule has 9 nitrogen and oxygen atoms in total. The molecule has 1 heterocycles. The average Bonchev–Trinajstić information content (AvgIpc) is 2.99. The van der Waals surface area contributed by atoms with E-state index in [1.165, 1.54) is 30.3 Å². The van der Waals surface area contributed by atoms with Crippen LogP contribution >= 0.6 is 0 Å². The molecule has 2 amide bonds. The quantitative estimate of drug-likeness (QED) is 0.170. The van der Waals surface area contributed by atoms with Crippen molar-refractivity contribution >= 4 is 34.0 Å². The van der Waals surface area contributed by atoms with Gasteiger partial charge in [0.1, 0.15) is 11.5 Å². The van der Waals surface area contributed by atoms with Gasteiger partial charge in [-0.3, -0.25) is 14.4 Å². The molecule has 0 saturated heterocycles. The molecule has 0 aliphatic rings. The number of alkyl halides is 3. The van der Waals surface area contributed by atoms with Crippen LogP contribution in [0.1, 0.15) is 42.4 Å². The Kier molecular flexibility index (Phi) is 10.4. The molecule has 12 heteroatoms. The van der Waals surface area contributed by atoms with Crippen LogP contribution in [0.15, 0.2) is 71.7 Å². The number of halogens is 3. The number of likely N-dealkylation sites (N-methyl/N-ethyl adjacent to an activating group) is 1. The van der Waals surface area contributed by atoms with Crippen LogP contribution in [-0.4, -0.2) is 48.8 Å². The number of carbonyl (C=O) groups is 2. The number of hydrogen-bond donors (Lipinski definition) is 3. The molecule has 3 aromatic carbocycles. The van der Waals surface area contributed by atoms with Gasteiger partial charge in [-0.15, -0.1) is 13.2 Å². The summed E-state index contributed by atoms with van der Waals surface area (Å²) < 4.78 is 49.1. The number of H-pyrrole nitrogens is 1. The normalized spacial score (nSPS) is 12.0. The number of aromatic amines is 1. The highest BCUT2D eigenvalue weighted by atomic mass is 19.4. The summed E-state index contributed by atoms with van der Waals surface area (Å²) in [7, 11) is 3.04. The molecule has 0 bridgehead atoms. The van der Waals surface area contributed by atoms with Gasteiger partial charge in [0.05, 0.1) is 13.7 Å². The molecular formula is C33H35F3N4O5. The first-order valence-corrected chi connectivity index (χ1v) is 14.3. The smallest absolute Gasteiger partial charge is 0.496 e. The Labute approximate surface area is 258 Å². The number of carbonyl (C=O) groups excluding carboxylic acids is 2. The largest absolute Gasteiger partial charge is 0.573 e. The molecule has 0 aliphatic carbocycles. The summed E-state index contributed by atoms with van der Waals surface area (Å²) in [6, 6.07) is 16.5. The van der Waals surface area contributed by atoms with E-state index in [1.807, 2.05) is 32.0 Å². The monoisotopic (exact) mass is 624 g/mol. The molecule has 0 spiro atoms. The van der Waals surface area contributed by atoms with Crippen LogP contribution in [0.4, 0.5) is 24.5 Å². The number of aryl methyl sites for hydroxylation is 1. The zero-order valence-electron chi connectivity index (χ0n) is 25.4. The molecule has 0 saturated carbocycles. The lowest BCUT2D eigenvalue weighted by Crippen LogP contribution is -2.32. The zero-order valence-corrected chi connectivity index (χ0v) is 25.4. The molecule has 4 rings (SSSR count). The molecule has 4 aromatic rings. The van der Waals surface area contributed by atoms with Gasteiger partial charge in [-0.2, -0.15) is 0 Å². The number of aromatic nitrogens is 1. The summed E-state index contributed by atoms with van der Waals surface area (Å²) in [5.41, 5.74) is 2.61. The Morgan fingerprint density at radius 3 is 2.49 bits per heavy atom. The Morgan fingerprint density at radius 1 is 1.00 bits per heavy atom. The van der Waals surface area contributed by atoms with Gasteiger partial charge < -0.3 is 30.0 Å². The number of methoxy groups -OCH3 is 1. The summed E-state index contributed by atoms with van der Waals surface area (Å²) in [6.07, 6.45) is -2.73. The number of pyridine rings is 1. The number of nitrogens with one attached hydrogen (secondary N) is 3. The maximum atomic E-state index is 13.2. The fourth-order valence-corrected chi connectivity index (χ4v) is 4.91. The summed E-state index contributed by atoms with van der Waals surface area (Å²) in [5, 5.41) is 6.86. The molecule has 0 radical (unpaired) electrons. The van der Waals surface area contributed by atoms with E-state index in [4.69, 9.17) is 4.74 Å². The van der Waals surface area contributed by atoms with Crippen molar-refractivity contribution in [1.82, 2.24) is 9.88 Å². The third-order valence-electron chi connectivity index (χ3n) is 7.35. The predicted octanol–water partition coefficient (Wildman–Crippen LogP) is 6.34. The van der Waals surface area contributed by atoms with Crippen LogP contribution in [0.25, 0.3) is 10.8 Å². The van der Waals surface area contributed by atoms with E-state index in [1.54, 1.807) is 31.4 Å². The van der Waals surface area contributed by atoms with Gasteiger partial charge in [0.25, 0.3) is 5.56 Å². The number of anilines is 2. The molecule has 238 valence electrons. The van der Waals surface area contributed by atoms with Crippen LogP contribution in [0.2, 0.25) is 0 Å². The minimum Gasteiger partial charge on any atom is -0.496 e. The van der Waals surface area contributed by atoms with Gasteiger partial charge in [0.2, 0.25) is 11.8 Å². The number of amides is 2. The number of rotatable bonds is 12. The van der Waals surface area contributed by atoms with Crippen molar-refractivity contribution in [1.29, 1.82) is 0 Å². The minimum absolute atomic E-state index is 0.0213. The van der Waals surface area contributed by atoms with Gasteiger partial charge in [0, 0.05) is 48.5 Å². The molecule has 0 fully saturated rings. The second kappa shape index (κ2) is 14.2. The second-order valence-corrected chi connectivity index (χ2v) is 10.8. The molecule has 0 unspecified atom stereocenters. The average molecular weight is 625 g/mol. The van der Waals surface area contributed by atoms with Crippen molar-refractivity contribution in [3.8, 4) is 11.5 Å². The molecule has 1 atom stereocenters. The number of nitrogens with zero attached hydrogens (tertiary/aromatic N) is 1. The maximum absolute atomic E-state index is 13.2. The van der Waals surface area contributed by atoms with Crippen LogP contribution in [-0.2, 0) is 16.1 Å². The van der Waals surface area contributed by atoms with E-state index in [0.29, 0.717) is 17.5 Å². The number of benzene rings is 3. The Bertz CT molecular complexity index is 1740. The third kappa shape index (κ3) is 9.01. The molecule has 3 N–H and O–H groups in total. The van der Waals surface area contributed by atoms with Gasteiger partial charge in [-0.1, -0.05) is 25.1 Å². The first-order chi connectivity index (χ1) is 21.3. The van der Waals surface area contributed by atoms with Gasteiger partial charge in [-0.05, 0) is 78.2 Å². The first-order valence-electron chi connectivity index (χ1n) is 14.3. The minimum atomic E-state index is -4.95. The Morgan fingerprint density at radius 2 is 1.76 bits per heavy atom. The van der Waals surface area contributed by atoms with Crippen molar-refractivity contribution in [2.75, 3.05) is 31.3 Å². The fourth-order valence-electron chi connectivity index (χ4n) is 4.91. The standard InChI is InChI=1S/C33H35F3N4O5/c1-20-5-10-26(29(15-20)44-4)21(2)6-12-30(41)39-25-9-11-28(45-33(34,35)36)23(16-25)19-40(3)31(42)18-38-24-8-7-22-13-14-37-32(43)27(22)17-24/h5,7-11,13-17,21,38H,6,12,18-19H2,1-4H3,(H,37,43)(H,39,41)/t21-/m0/s1. The molecule has 1 aromatic heterocycles. The van der Waals surface area contributed by atoms with Crippen molar-refractivity contribution in [2.24, 2.45) is 0 Å². The van der Waals surface area contributed by atoms with Crippen molar-refractivity contribution in [3.63, 3.8) is 0 Å². The van der Waals surface area contributed by atoms with Crippen LogP contribution in [0.3, 0.4) is 0 Å². The van der Waals surface area contributed by atoms with Crippen molar-refractivity contribution in [2.45, 2.75) is 45.5 Å². The lowest BCUT2D eigenvalue weighted by atomic mass is 9.94. The SMILES string of the molecule is COc1cc(C)ccc1[C@@H](C)CCC(=O)Nc1ccc(OC(F)(F)F)c(CN(C)C(=O)CNc2ccc3cc[nH]c(=O)c3c2)c1. The molecule has 0 aliphatic heterocycles. The van der Waals surface area contributed by atoms with Crippen LogP contribution in [0, 0.1) is 6.92 Å². The zero-order chi connectivity index (χ0) is 32.7.